The highest BCUT2D eigenvalue weighted by molar-refractivity contribution is 7.91. The second kappa shape index (κ2) is 14.0. The van der Waals surface area contributed by atoms with Crippen LogP contribution in [0.1, 0.15) is 26.7 Å². The predicted molar refractivity (Wildman–Crippen MR) is 125 cm³/mol. The molecule has 2 rings (SSSR count). The zero-order valence-electron chi connectivity index (χ0n) is 18.3. The van der Waals surface area contributed by atoms with Crippen LogP contribution in [-0.4, -0.2) is 57.0 Å². The zero-order valence-corrected chi connectivity index (χ0v) is 19.1. The SMILES string of the molecule is CC[C@@H](CO)NCCN[C@@H](CC)CO.Nc1ccc(S(=O)(=O)c2ccc(N)cc2)cc1. The molecule has 0 radical (unpaired) electrons. The van der Waals surface area contributed by atoms with Crippen molar-refractivity contribution in [2.45, 2.75) is 48.6 Å². The molecule has 2 aromatic rings. The second-order valence-corrected chi connectivity index (χ2v) is 9.07. The van der Waals surface area contributed by atoms with Crippen LogP contribution in [0.25, 0.3) is 0 Å². The lowest BCUT2D eigenvalue weighted by Crippen LogP contribution is -2.40. The number of hydrogen-bond acceptors (Lipinski definition) is 8. The predicted octanol–water partition coefficient (Wildman–Crippen LogP) is 1.39. The molecule has 31 heavy (non-hydrogen) atoms. The van der Waals surface area contributed by atoms with Crippen molar-refractivity contribution in [3.8, 4) is 0 Å². The van der Waals surface area contributed by atoms with Gasteiger partial charge in [-0.1, -0.05) is 13.8 Å². The first kappa shape index (κ1) is 26.9. The average molecular weight is 453 g/mol. The summed E-state index contributed by atoms with van der Waals surface area (Å²) in [5.41, 5.74) is 12.1. The lowest BCUT2D eigenvalue weighted by atomic mass is 10.2. The monoisotopic (exact) mass is 452 g/mol. The van der Waals surface area contributed by atoms with Gasteiger partial charge in [0.05, 0.1) is 23.0 Å². The van der Waals surface area contributed by atoms with Crippen LogP contribution < -0.4 is 22.1 Å². The highest BCUT2D eigenvalue weighted by Crippen LogP contribution is 2.22. The van der Waals surface area contributed by atoms with Crippen molar-refractivity contribution in [1.29, 1.82) is 0 Å². The highest BCUT2D eigenvalue weighted by Gasteiger charge is 2.16. The summed E-state index contributed by atoms with van der Waals surface area (Å²) in [7, 11) is -3.48. The van der Waals surface area contributed by atoms with Crippen LogP contribution in [0.2, 0.25) is 0 Å². The van der Waals surface area contributed by atoms with Gasteiger partial charge in [0.2, 0.25) is 9.84 Å². The molecule has 174 valence electrons. The normalized spacial score (nSPS) is 13.2. The first-order chi connectivity index (χ1) is 14.8. The van der Waals surface area contributed by atoms with Gasteiger partial charge in [0.1, 0.15) is 0 Å². The number of anilines is 2. The Morgan fingerprint density at radius 2 is 1.06 bits per heavy atom. The van der Waals surface area contributed by atoms with Crippen molar-refractivity contribution in [1.82, 2.24) is 10.6 Å². The lowest BCUT2D eigenvalue weighted by molar-refractivity contribution is 0.229. The van der Waals surface area contributed by atoms with Gasteiger partial charge in [-0.05, 0) is 61.4 Å². The highest BCUT2D eigenvalue weighted by atomic mass is 32.2. The fourth-order valence-electron chi connectivity index (χ4n) is 2.66. The number of nitrogens with two attached hydrogens (primary N) is 2. The number of benzene rings is 2. The third-order valence-corrected chi connectivity index (χ3v) is 6.58. The molecule has 2 atom stereocenters. The minimum Gasteiger partial charge on any atom is -0.399 e. The van der Waals surface area contributed by atoms with E-state index in [9.17, 15) is 8.42 Å². The topological polar surface area (TPSA) is 151 Å². The van der Waals surface area contributed by atoms with Crippen molar-refractivity contribution in [2.75, 3.05) is 37.8 Å². The summed E-state index contributed by atoms with van der Waals surface area (Å²) in [6.07, 6.45) is 1.88. The molecule has 0 unspecified atom stereocenters. The average Bonchev–Trinajstić information content (AvgIpc) is 2.77. The number of aliphatic hydroxyl groups excluding tert-OH is 2. The van der Waals surface area contributed by atoms with E-state index in [-0.39, 0.29) is 35.1 Å². The first-order valence-corrected chi connectivity index (χ1v) is 11.9. The molecular weight excluding hydrogens is 416 g/mol. The molecule has 0 heterocycles. The molecule has 9 heteroatoms. The van der Waals surface area contributed by atoms with Gasteiger partial charge in [-0.25, -0.2) is 8.42 Å². The number of nitrogens with one attached hydrogen (secondary N) is 2. The third-order valence-electron chi connectivity index (χ3n) is 4.80. The Bertz CT molecular complexity index is 769. The summed E-state index contributed by atoms with van der Waals surface area (Å²) in [6.45, 7) is 6.13. The number of sulfone groups is 1. The van der Waals surface area contributed by atoms with Crippen molar-refractivity contribution in [3.63, 3.8) is 0 Å². The van der Waals surface area contributed by atoms with Crippen molar-refractivity contribution in [3.05, 3.63) is 48.5 Å². The minimum atomic E-state index is -3.48. The van der Waals surface area contributed by atoms with Crippen LogP contribution in [0.5, 0.6) is 0 Å². The number of rotatable bonds is 11. The summed E-state index contributed by atoms with van der Waals surface area (Å²) >= 11 is 0. The lowest BCUT2D eigenvalue weighted by Gasteiger charge is -2.17. The van der Waals surface area contributed by atoms with Gasteiger partial charge >= 0.3 is 0 Å². The van der Waals surface area contributed by atoms with E-state index in [2.05, 4.69) is 10.6 Å². The van der Waals surface area contributed by atoms with Gasteiger partial charge in [0.15, 0.2) is 0 Å². The van der Waals surface area contributed by atoms with Crippen LogP contribution in [-0.2, 0) is 9.84 Å². The molecule has 0 amide bonds. The maximum atomic E-state index is 12.2. The number of aliphatic hydroxyl groups is 2. The smallest absolute Gasteiger partial charge is 0.206 e. The van der Waals surface area contributed by atoms with Gasteiger partial charge in [-0.15, -0.1) is 0 Å². The minimum absolute atomic E-state index is 0.188. The maximum absolute atomic E-state index is 12.2. The molecule has 0 aliphatic heterocycles. The summed E-state index contributed by atoms with van der Waals surface area (Å²) in [4.78, 5) is 0.438. The Labute approximate surface area is 185 Å². The quantitative estimate of drug-likeness (QED) is 0.221. The van der Waals surface area contributed by atoms with Crippen LogP contribution in [0.3, 0.4) is 0 Å². The van der Waals surface area contributed by atoms with Crippen LogP contribution in [0, 0.1) is 0 Å². The van der Waals surface area contributed by atoms with Crippen molar-refractivity contribution >= 4 is 21.2 Å². The molecule has 8 nitrogen and oxygen atoms in total. The summed E-state index contributed by atoms with van der Waals surface area (Å²) in [5, 5.41) is 24.3. The number of hydrogen-bond donors (Lipinski definition) is 6. The van der Waals surface area contributed by atoms with Gasteiger partial charge in [-0.2, -0.15) is 0 Å². The Kier molecular flexibility index (Phi) is 12.1. The molecule has 0 fully saturated rings. The molecule has 0 aromatic heterocycles. The Balaban J connectivity index is 0.000000318. The molecule has 0 aliphatic rings. The van der Waals surface area contributed by atoms with Gasteiger partial charge in [-0.3, -0.25) is 0 Å². The molecule has 0 aliphatic carbocycles. The standard InChI is InChI=1S/C12H12N2O2S.C10H24N2O2/c13-9-1-5-11(6-2-9)17(15,16)12-7-3-10(14)4-8-12;1-3-9(7-13)11-5-6-12-10(4-2)8-14/h1-8H,13-14H2;9-14H,3-8H2,1-2H3/t;9-,10-/m.0/s1. The van der Waals surface area contributed by atoms with E-state index in [4.69, 9.17) is 21.7 Å². The van der Waals surface area contributed by atoms with E-state index in [1.165, 1.54) is 24.3 Å². The summed E-state index contributed by atoms with van der Waals surface area (Å²) in [5.74, 6) is 0. The van der Waals surface area contributed by atoms with Gasteiger partial charge < -0.3 is 32.3 Å². The van der Waals surface area contributed by atoms with Crippen LogP contribution in [0.15, 0.2) is 58.3 Å². The summed E-state index contributed by atoms with van der Waals surface area (Å²) in [6, 6.07) is 12.6. The fraction of sp³-hybridized carbons (Fsp3) is 0.455. The van der Waals surface area contributed by atoms with Crippen molar-refractivity contribution < 1.29 is 18.6 Å². The van der Waals surface area contributed by atoms with Gasteiger partial charge in [0.25, 0.3) is 0 Å². The van der Waals surface area contributed by atoms with E-state index in [1.54, 1.807) is 24.3 Å². The Morgan fingerprint density at radius 3 is 1.32 bits per heavy atom. The zero-order chi connectivity index (χ0) is 23.3. The largest absolute Gasteiger partial charge is 0.399 e. The molecule has 0 saturated carbocycles. The summed E-state index contributed by atoms with van der Waals surface area (Å²) < 4.78 is 24.3. The van der Waals surface area contributed by atoms with E-state index >= 15 is 0 Å². The van der Waals surface area contributed by atoms with E-state index in [0.29, 0.717) is 11.4 Å². The molecule has 8 N–H and O–H groups in total. The molecular formula is C22H36N4O4S. The Hall–Kier alpha value is -2.17. The fourth-order valence-corrected chi connectivity index (χ4v) is 3.92. The van der Waals surface area contributed by atoms with E-state index in [1.807, 2.05) is 13.8 Å². The number of nitrogen functional groups attached to an aromatic ring is 2. The maximum Gasteiger partial charge on any atom is 0.206 e. The van der Waals surface area contributed by atoms with Crippen LogP contribution >= 0.6 is 0 Å². The molecule has 0 bridgehead atoms. The van der Waals surface area contributed by atoms with Gasteiger partial charge in [0, 0.05) is 36.5 Å². The van der Waals surface area contributed by atoms with E-state index < -0.39 is 9.84 Å². The molecule has 0 saturated heterocycles. The third kappa shape index (κ3) is 9.24. The van der Waals surface area contributed by atoms with Crippen LogP contribution in [0.4, 0.5) is 11.4 Å². The first-order valence-electron chi connectivity index (χ1n) is 10.4. The molecule has 2 aromatic carbocycles. The van der Waals surface area contributed by atoms with Crippen molar-refractivity contribution in [2.24, 2.45) is 0 Å². The Morgan fingerprint density at radius 1 is 0.742 bits per heavy atom. The molecule has 0 spiro atoms. The van der Waals surface area contributed by atoms with E-state index in [0.717, 1.165) is 25.9 Å². The second-order valence-electron chi connectivity index (χ2n) is 7.13.